The molecule has 16 heavy (non-hydrogen) atoms. The second kappa shape index (κ2) is 4.79. The van der Waals surface area contributed by atoms with Crippen molar-refractivity contribution >= 4 is 17.9 Å². The van der Waals surface area contributed by atoms with E-state index in [2.05, 4.69) is 0 Å². The molecule has 0 bridgehead atoms. The second-order valence-corrected chi connectivity index (χ2v) is 3.62. The Morgan fingerprint density at radius 1 is 1.44 bits per heavy atom. The van der Waals surface area contributed by atoms with Crippen molar-refractivity contribution in [2.75, 3.05) is 18.1 Å². The number of benzene rings is 1. The molecule has 0 spiro atoms. The van der Waals surface area contributed by atoms with Crippen LogP contribution in [0.5, 0.6) is 5.75 Å². The van der Waals surface area contributed by atoms with Crippen molar-refractivity contribution in [1.82, 2.24) is 0 Å². The largest absolute Gasteiger partial charge is 0.486 e. The van der Waals surface area contributed by atoms with Crippen LogP contribution in [0.3, 0.4) is 0 Å². The first-order valence-corrected chi connectivity index (χ1v) is 5.28. The molecule has 0 aromatic heterocycles. The fourth-order valence-electron chi connectivity index (χ4n) is 1.79. The summed E-state index contributed by atoms with van der Waals surface area (Å²) in [6.07, 6.45) is 2.21. The molecule has 0 atom stereocenters. The lowest BCUT2D eigenvalue weighted by Gasteiger charge is -2.16. The Balaban J connectivity index is 2.14. The third-order valence-corrected chi connectivity index (χ3v) is 2.52. The van der Waals surface area contributed by atoms with Gasteiger partial charge in [-0.3, -0.25) is 9.59 Å². The summed E-state index contributed by atoms with van der Waals surface area (Å²) in [6.45, 7) is 0.799. The van der Waals surface area contributed by atoms with Crippen LogP contribution in [0.2, 0.25) is 0 Å². The minimum atomic E-state index is 0.0391. The van der Waals surface area contributed by atoms with E-state index >= 15 is 0 Å². The lowest BCUT2D eigenvalue weighted by molar-refractivity contribution is -0.117. The molecule has 84 valence electrons. The molecule has 1 aromatic rings. The Kier molecular flexibility index (Phi) is 3.19. The first kappa shape index (κ1) is 10.7. The second-order valence-electron chi connectivity index (χ2n) is 3.62. The highest BCUT2D eigenvalue weighted by Gasteiger charge is 2.21. The molecule has 0 saturated carbocycles. The Hall–Kier alpha value is -1.84. The van der Waals surface area contributed by atoms with E-state index in [1.165, 1.54) is 0 Å². The van der Waals surface area contributed by atoms with E-state index in [0.29, 0.717) is 18.5 Å². The van der Waals surface area contributed by atoms with Crippen LogP contribution >= 0.6 is 0 Å². The normalized spacial score (nSPS) is 15.2. The molecule has 1 heterocycles. The van der Waals surface area contributed by atoms with Crippen molar-refractivity contribution in [3.8, 4) is 5.75 Å². The van der Waals surface area contributed by atoms with Crippen LogP contribution in [-0.4, -0.2) is 25.3 Å². The molecule has 1 amide bonds. The molecule has 1 saturated heterocycles. The van der Waals surface area contributed by atoms with E-state index in [1.54, 1.807) is 17.0 Å². The van der Waals surface area contributed by atoms with E-state index in [4.69, 9.17) is 4.74 Å². The number of rotatable bonds is 4. The number of carbonyl (C=O) groups excluding carboxylic acids is 2. The first-order chi connectivity index (χ1) is 7.81. The molecular formula is C12H13NO3. The highest BCUT2D eigenvalue weighted by atomic mass is 16.5. The smallest absolute Gasteiger partial charge is 0.227 e. The maximum absolute atomic E-state index is 11.5. The maximum Gasteiger partial charge on any atom is 0.227 e. The standard InChI is InChI=1S/C12H13NO3/c14-7-8-16-11-4-1-3-10(9-11)13-6-2-5-12(13)15/h1,3-4,7,9H,2,5-6,8H2. The Morgan fingerprint density at radius 2 is 2.31 bits per heavy atom. The molecule has 1 aliphatic heterocycles. The van der Waals surface area contributed by atoms with Gasteiger partial charge in [0.15, 0.2) is 6.29 Å². The highest BCUT2D eigenvalue weighted by Crippen LogP contribution is 2.25. The molecule has 0 unspecified atom stereocenters. The van der Waals surface area contributed by atoms with Gasteiger partial charge in [0.2, 0.25) is 5.91 Å². The molecule has 4 nitrogen and oxygen atoms in total. The van der Waals surface area contributed by atoms with Crippen molar-refractivity contribution in [3.05, 3.63) is 24.3 Å². The van der Waals surface area contributed by atoms with Crippen LogP contribution in [0, 0.1) is 0 Å². The topological polar surface area (TPSA) is 46.6 Å². The number of hydrogen-bond donors (Lipinski definition) is 0. The zero-order valence-electron chi connectivity index (χ0n) is 8.89. The van der Waals surface area contributed by atoms with Crippen LogP contribution < -0.4 is 9.64 Å². The summed E-state index contributed by atoms with van der Waals surface area (Å²) < 4.78 is 5.18. The fourth-order valence-corrected chi connectivity index (χ4v) is 1.79. The number of hydrogen-bond acceptors (Lipinski definition) is 3. The molecule has 2 rings (SSSR count). The zero-order valence-corrected chi connectivity index (χ0v) is 8.89. The summed E-state index contributed by atoms with van der Waals surface area (Å²) in [5.41, 5.74) is 0.839. The summed E-state index contributed by atoms with van der Waals surface area (Å²) in [4.78, 5) is 23.5. The summed E-state index contributed by atoms with van der Waals surface area (Å²) in [5, 5.41) is 0. The maximum atomic E-state index is 11.5. The number of aldehydes is 1. The van der Waals surface area contributed by atoms with Crippen molar-refractivity contribution in [1.29, 1.82) is 0 Å². The van der Waals surface area contributed by atoms with Gasteiger partial charge in [-0.05, 0) is 18.6 Å². The number of carbonyl (C=O) groups is 2. The number of anilines is 1. The average Bonchev–Trinajstić information content (AvgIpc) is 2.73. The molecule has 0 N–H and O–H groups in total. The van der Waals surface area contributed by atoms with Gasteiger partial charge in [-0.1, -0.05) is 6.07 Å². The van der Waals surface area contributed by atoms with Gasteiger partial charge in [-0.2, -0.15) is 0 Å². The zero-order chi connectivity index (χ0) is 11.4. The minimum absolute atomic E-state index is 0.0391. The Bertz CT molecular complexity index is 403. The van der Waals surface area contributed by atoms with Gasteiger partial charge >= 0.3 is 0 Å². The van der Waals surface area contributed by atoms with E-state index < -0.39 is 0 Å². The SMILES string of the molecule is O=CCOc1cccc(N2CCCC2=O)c1. The van der Waals surface area contributed by atoms with Crippen molar-refractivity contribution in [3.63, 3.8) is 0 Å². The predicted octanol–water partition coefficient (Wildman–Crippen LogP) is 1.39. The monoisotopic (exact) mass is 219 g/mol. The number of nitrogens with zero attached hydrogens (tertiary/aromatic N) is 1. The molecule has 0 radical (unpaired) electrons. The van der Waals surface area contributed by atoms with Crippen molar-refractivity contribution in [2.24, 2.45) is 0 Å². The van der Waals surface area contributed by atoms with E-state index in [1.807, 2.05) is 12.1 Å². The number of ether oxygens (including phenoxy) is 1. The Morgan fingerprint density at radius 3 is 3.00 bits per heavy atom. The third-order valence-electron chi connectivity index (χ3n) is 2.52. The summed E-state index contributed by atoms with van der Waals surface area (Å²) in [5.74, 6) is 0.761. The average molecular weight is 219 g/mol. The number of amides is 1. The first-order valence-electron chi connectivity index (χ1n) is 5.28. The van der Waals surface area contributed by atoms with Gasteiger partial charge in [0, 0.05) is 24.7 Å². The van der Waals surface area contributed by atoms with Crippen LogP contribution in [0.15, 0.2) is 24.3 Å². The lowest BCUT2D eigenvalue weighted by atomic mass is 10.3. The van der Waals surface area contributed by atoms with Crippen LogP contribution in [0.25, 0.3) is 0 Å². The third kappa shape index (κ3) is 2.21. The van der Waals surface area contributed by atoms with Gasteiger partial charge in [0.25, 0.3) is 0 Å². The van der Waals surface area contributed by atoms with Gasteiger partial charge in [-0.25, -0.2) is 0 Å². The Labute approximate surface area is 93.8 Å². The van der Waals surface area contributed by atoms with Crippen LogP contribution in [0.4, 0.5) is 5.69 Å². The van der Waals surface area contributed by atoms with Crippen molar-refractivity contribution < 1.29 is 14.3 Å². The van der Waals surface area contributed by atoms with E-state index in [9.17, 15) is 9.59 Å². The molecular weight excluding hydrogens is 206 g/mol. The lowest BCUT2D eigenvalue weighted by Crippen LogP contribution is -2.23. The van der Waals surface area contributed by atoms with Crippen LogP contribution in [0.1, 0.15) is 12.8 Å². The van der Waals surface area contributed by atoms with Gasteiger partial charge < -0.3 is 9.64 Å². The summed E-state index contributed by atoms with van der Waals surface area (Å²) in [7, 11) is 0. The minimum Gasteiger partial charge on any atom is -0.486 e. The molecule has 1 aromatic carbocycles. The predicted molar refractivity (Wildman–Crippen MR) is 59.6 cm³/mol. The van der Waals surface area contributed by atoms with Gasteiger partial charge in [0.1, 0.15) is 12.4 Å². The van der Waals surface area contributed by atoms with E-state index in [-0.39, 0.29) is 12.5 Å². The molecule has 4 heteroatoms. The quantitative estimate of drug-likeness (QED) is 0.719. The molecule has 1 fully saturated rings. The summed E-state index contributed by atoms with van der Waals surface area (Å²) >= 11 is 0. The molecule has 1 aliphatic rings. The highest BCUT2D eigenvalue weighted by molar-refractivity contribution is 5.95. The molecule has 0 aliphatic carbocycles. The summed E-state index contributed by atoms with van der Waals surface area (Å²) in [6, 6.07) is 7.25. The van der Waals surface area contributed by atoms with Crippen LogP contribution in [-0.2, 0) is 9.59 Å². The van der Waals surface area contributed by atoms with Crippen molar-refractivity contribution in [2.45, 2.75) is 12.8 Å². The van der Waals surface area contributed by atoms with Gasteiger partial charge in [0.05, 0.1) is 0 Å². The fraction of sp³-hybridized carbons (Fsp3) is 0.333. The van der Waals surface area contributed by atoms with Gasteiger partial charge in [-0.15, -0.1) is 0 Å². The van der Waals surface area contributed by atoms with E-state index in [0.717, 1.165) is 18.7 Å².